The molecule has 0 unspecified atom stereocenters. The van der Waals surface area contributed by atoms with Gasteiger partial charge in [-0.1, -0.05) is 11.6 Å². The van der Waals surface area contributed by atoms with Crippen molar-refractivity contribution in [1.82, 2.24) is 34.9 Å². The van der Waals surface area contributed by atoms with Crippen molar-refractivity contribution in [2.45, 2.75) is 19.9 Å². The van der Waals surface area contributed by atoms with E-state index in [1.807, 2.05) is 41.8 Å². The van der Waals surface area contributed by atoms with Crippen molar-refractivity contribution in [2.75, 3.05) is 19.0 Å². The molecule has 11 heteroatoms. The molecule has 0 atom stereocenters. The van der Waals surface area contributed by atoms with Crippen LogP contribution in [0.5, 0.6) is 5.75 Å². The summed E-state index contributed by atoms with van der Waals surface area (Å²) >= 11 is 6.15. The standard InChI is InChI=1S/C20H21ClN8O2/c1-3-29-26-17(25-27-29)8-9-22-20(30)24-18-12-28-11-13(4-7-19(28)23-18)15-10-14(21)5-6-16(15)31-2/h4-7,10-12H,3,8-9H2,1-2H3,(H2,22,24,30). The summed E-state index contributed by atoms with van der Waals surface area (Å²) in [6.45, 7) is 2.97. The second kappa shape index (κ2) is 9.00. The van der Waals surface area contributed by atoms with Crippen LogP contribution < -0.4 is 15.4 Å². The summed E-state index contributed by atoms with van der Waals surface area (Å²) in [6.07, 6.45) is 4.13. The highest BCUT2D eigenvalue weighted by Crippen LogP contribution is 2.32. The third-order valence-electron chi connectivity index (χ3n) is 4.58. The van der Waals surface area contributed by atoms with E-state index in [0.29, 0.717) is 41.8 Å². The van der Waals surface area contributed by atoms with Gasteiger partial charge in [0.2, 0.25) is 0 Å². The van der Waals surface area contributed by atoms with Crippen LogP contribution in [-0.2, 0) is 13.0 Å². The number of nitrogens with one attached hydrogen (secondary N) is 2. The smallest absolute Gasteiger partial charge is 0.320 e. The van der Waals surface area contributed by atoms with E-state index >= 15 is 0 Å². The van der Waals surface area contributed by atoms with Crippen LogP contribution in [-0.4, -0.2) is 49.3 Å². The van der Waals surface area contributed by atoms with Gasteiger partial charge >= 0.3 is 6.03 Å². The van der Waals surface area contributed by atoms with E-state index in [0.717, 1.165) is 16.9 Å². The van der Waals surface area contributed by atoms with Crippen molar-refractivity contribution < 1.29 is 9.53 Å². The van der Waals surface area contributed by atoms with Crippen LogP contribution in [0.4, 0.5) is 10.6 Å². The molecule has 2 amide bonds. The second-order valence-electron chi connectivity index (χ2n) is 6.68. The highest BCUT2D eigenvalue weighted by molar-refractivity contribution is 6.31. The Kier molecular flexibility index (Phi) is 5.99. The lowest BCUT2D eigenvalue weighted by Crippen LogP contribution is -2.30. The van der Waals surface area contributed by atoms with Gasteiger partial charge in [0.05, 0.1) is 19.9 Å². The zero-order valence-corrected chi connectivity index (χ0v) is 17.8. The number of halogens is 1. The number of nitrogens with zero attached hydrogens (tertiary/aromatic N) is 6. The van der Waals surface area contributed by atoms with Crippen molar-refractivity contribution >= 4 is 29.1 Å². The fourth-order valence-electron chi connectivity index (χ4n) is 3.08. The number of carbonyl (C=O) groups is 1. The summed E-state index contributed by atoms with van der Waals surface area (Å²) in [4.78, 5) is 18.1. The summed E-state index contributed by atoms with van der Waals surface area (Å²) in [5, 5.41) is 18.1. The number of methoxy groups -OCH3 is 1. The topological polar surface area (TPSA) is 111 Å². The molecule has 4 aromatic rings. The van der Waals surface area contributed by atoms with Gasteiger partial charge in [-0.05, 0) is 42.5 Å². The van der Waals surface area contributed by atoms with Crippen LogP contribution in [0.2, 0.25) is 5.02 Å². The first-order chi connectivity index (χ1) is 15.1. The predicted octanol–water partition coefficient (Wildman–Crippen LogP) is 3.03. The largest absolute Gasteiger partial charge is 0.496 e. The van der Waals surface area contributed by atoms with Gasteiger partial charge in [-0.2, -0.15) is 4.80 Å². The van der Waals surface area contributed by atoms with E-state index in [4.69, 9.17) is 16.3 Å². The summed E-state index contributed by atoms with van der Waals surface area (Å²) in [5.41, 5.74) is 2.47. The van der Waals surface area contributed by atoms with Crippen molar-refractivity contribution in [3.63, 3.8) is 0 Å². The number of aryl methyl sites for hydroxylation is 1. The summed E-state index contributed by atoms with van der Waals surface area (Å²) < 4.78 is 7.27. The molecular weight excluding hydrogens is 420 g/mol. The number of aromatic nitrogens is 6. The van der Waals surface area contributed by atoms with Gasteiger partial charge in [0.1, 0.15) is 11.4 Å². The number of urea groups is 1. The van der Waals surface area contributed by atoms with Crippen LogP contribution in [0.3, 0.4) is 0 Å². The Balaban J connectivity index is 1.42. The van der Waals surface area contributed by atoms with Crippen LogP contribution in [0.15, 0.2) is 42.7 Å². The number of ether oxygens (including phenoxy) is 1. The fourth-order valence-corrected chi connectivity index (χ4v) is 3.25. The molecule has 10 nitrogen and oxygen atoms in total. The Morgan fingerprint density at radius 2 is 2.10 bits per heavy atom. The second-order valence-corrected chi connectivity index (χ2v) is 7.12. The molecule has 160 valence electrons. The van der Waals surface area contributed by atoms with Crippen LogP contribution in [0.1, 0.15) is 12.7 Å². The third kappa shape index (κ3) is 4.75. The van der Waals surface area contributed by atoms with E-state index < -0.39 is 0 Å². The van der Waals surface area contributed by atoms with Gasteiger partial charge in [-0.3, -0.25) is 5.32 Å². The van der Waals surface area contributed by atoms with Crippen molar-refractivity contribution in [1.29, 1.82) is 0 Å². The molecule has 3 aromatic heterocycles. The predicted molar refractivity (Wildman–Crippen MR) is 116 cm³/mol. The first kappa shape index (κ1) is 20.6. The monoisotopic (exact) mass is 440 g/mol. The number of tetrazole rings is 1. The molecule has 0 saturated heterocycles. The van der Waals surface area contributed by atoms with E-state index in [-0.39, 0.29) is 6.03 Å². The molecule has 31 heavy (non-hydrogen) atoms. The Labute approximate surface area is 183 Å². The molecule has 0 spiro atoms. The number of imidazole rings is 1. The van der Waals surface area contributed by atoms with Crippen molar-refractivity contribution in [2.24, 2.45) is 0 Å². The molecule has 0 radical (unpaired) electrons. The maximum atomic E-state index is 12.2. The molecule has 0 bridgehead atoms. The van der Waals surface area contributed by atoms with E-state index in [1.54, 1.807) is 19.4 Å². The van der Waals surface area contributed by atoms with Gasteiger partial charge in [0.15, 0.2) is 11.6 Å². The highest BCUT2D eigenvalue weighted by atomic mass is 35.5. The zero-order chi connectivity index (χ0) is 21.8. The van der Waals surface area contributed by atoms with Crippen molar-refractivity contribution in [3.05, 3.63) is 53.6 Å². The minimum absolute atomic E-state index is 0.358. The number of amides is 2. The lowest BCUT2D eigenvalue weighted by atomic mass is 10.1. The Morgan fingerprint density at radius 3 is 2.87 bits per heavy atom. The number of hydrogen-bond acceptors (Lipinski definition) is 6. The zero-order valence-electron chi connectivity index (χ0n) is 17.0. The molecule has 0 aliphatic heterocycles. The number of carbonyl (C=O) groups excluding carboxylic acids is 1. The minimum atomic E-state index is -0.358. The molecule has 0 aliphatic carbocycles. The number of rotatable bonds is 7. The van der Waals surface area contributed by atoms with Crippen LogP contribution >= 0.6 is 11.6 Å². The van der Waals surface area contributed by atoms with E-state index in [9.17, 15) is 4.79 Å². The van der Waals surface area contributed by atoms with Crippen LogP contribution in [0, 0.1) is 0 Å². The van der Waals surface area contributed by atoms with Gasteiger partial charge < -0.3 is 14.5 Å². The molecule has 1 aromatic carbocycles. The number of hydrogen-bond donors (Lipinski definition) is 2. The fraction of sp³-hybridized carbons (Fsp3) is 0.250. The molecule has 0 aliphatic rings. The first-order valence-corrected chi connectivity index (χ1v) is 10.1. The quantitative estimate of drug-likeness (QED) is 0.457. The molecule has 3 heterocycles. The maximum absolute atomic E-state index is 12.2. The van der Waals surface area contributed by atoms with Gasteiger partial charge in [-0.15, -0.1) is 10.2 Å². The number of pyridine rings is 1. The normalized spacial score (nSPS) is 10.9. The average molecular weight is 441 g/mol. The first-order valence-electron chi connectivity index (χ1n) is 9.70. The molecule has 0 fully saturated rings. The highest BCUT2D eigenvalue weighted by Gasteiger charge is 2.11. The molecule has 0 saturated carbocycles. The third-order valence-corrected chi connectivity index (χ3v) is 4.81. The van der Waals surface area contributed by atoms with Gasteiger partial charge in [0, 0.05) is 35.3 Å². The Morgan fingerprint density at radius 1 is 1.23 bits per heavy atom. The van der Waals surface area contributed by atoms with Gasteiger partial charge in [0.25, 0.3) is 0 Å². The number of benzene rings is 1. The van der Waals surface area contributed by atoms with Crippen LogP contribution in [0.25, 0.3) is 16.8 Å². The molecule has 4 rings (SSSR count). The minimum Gasteiger partial charge on any atom is -0.496 e. The Bertz CT molecular complexity index is 1220. The van der Waals surface area contributed by atoms with Gasteiger partial charge in [-0.25, -0.2) is 9.78 Å². The summed E-state index contributed by atoms with van der Waals surface area (Å²) in [6, 6.07) is 8.88. The molecule has 2 N–H and O–H groups in total. The summed E-state index contributed by atoms with van der Waals surface area (Å²) in [5.74, 6) is 1.73. The van der Waals surface area contributed by atoms with E-state index in [2.05, 4.69) is 31.0 Å². The maximum Gasteiger partial charge on any atom is 0.320 e. The Hall–Kier alpha value is -3.66. The SMILES string of the molecule is CCn1nnc(CCNC(=O)Nc2cn3cc(-c4cc(Cl)ccc4OC)ccc3n2)n1. The van der Waals surface area contributed by atoms with Crippen molar-refractivity contribution in [3.8, 4) is 16.9 Å². The summed E-state index contributed by atoms with van der Waals surface area (Å²) in [7, 11) is 1.62. The molecular formula is C20H21ClN8O2. The lowest BCUT2D eigenvalue weighted by Gasteiger charge is -2.09. The number of fused-ring (bicyclic) bond motifs is 1. The average Bonchev–Trinajstić information content (AvgIpc) is 3.39. The number of anilines is 1. The van der Waals surface area contributed by atoms with E-state index in [1.165, 1.54) is 4.80 Å². The lowest BCUT2D eigenvalue weighted by molar-refractivity contribution is 0.252.